The van der Waals surface area contributed by atoms with Crippen LogP contribution in [0.2, 0.25) is 0 Å². The third kappa shape index (κ3) is 4.57. The molecule has 0 spiro atoms. The summed E-state index contributed by atoms with van der Waals surface area (Å²) in [5, 5.41) is 5.99. The largest absolute Gasteiger partial charge is 0.383 e. The fourth-order valence-electron chi connectivity index (χ4n) is 1.79. The van der Waals surface area contributed by atoms with E-state index in [9.17, 15) is 4.79 Å². The smallest absolute Gasteiger partial charge is 0.270 e. The average molecular weight is 285 g/mol. The number of amides is 1. The fraction of sp³-hybridized carbons (Fsp3) is 0.250. The molecule has 0 saturated carbocycles. The summed E-state index contributed by atoms with van der Waals surface area (Å²) in [6, 6.07) is 11.6. The van der Waals surface area contributed by atoms with E-state index in [0.29, 0.717) is 18.8 Å². The summed E-state index contributed by atoms with van der Waals surface area (Å²) in [6.07, 6.45) is 1.61. The first kappa shape index (κ1) is 15.0. The van der Waals surface area contributed by atoms with Gasteiger partial charge in [-0.25, -0.2) is 0 Å². The van der Waals surface area contributed by atoms with Gasteiger partial charge in [-0.2, -0.15) is 0 Å². The molecule has 110 valence electrons. The van der Waals surface area contributed by atoms with Crippen LogP contribution in [-0.2, 0) is 4.74 Å². The summed E-state index contributed by atoms with van der Waals surface area (Å²) < 4.78 is 4.89. The maximum absolute atomic E-state index is 11.9. The Bertz CT molecular complexity index is 597. The first-order valence-corrected chi connectivity index (χ1v) is 6.76. The normalized spacial score (nSPS) is 10.2. The van der Waals surface area contributed by atoms with E-state index in [4.69, 9.17) is 4.74 Å². The van der Waals surface area contributed by atoms with Crippen LogP contribution in [0, 0.1) is 6.92 Å². The van der Waals surface area contributed by atoms with Crippen molar-refractivity contribution >= 4 is 17.3 Å². The highest BCUT2D eigenvalue weighted by atomic mass is 16.5. The van der Waals surface area contributed by atoms with Gasteiger partial charge in [0.2, 0.25) is 0 Å². The van der Waals surface area contributed by atoms with Gasteiger partial charge < -0.3 is 15.4 Å². The molecule has 2 aromatic rings. The standard InChI is InChI=1S/C16H19N3O2/c1-12-3-5-13(6-4-12)19-14-7-8-17-15(11-14)16(20)18-9-10-21-2/h3-8,11H,9-10H2,1-2H3,(H,17,19)(H,18,20). The highest BCUT2D eigenvalue weighted by molar-refractivity contribution is 5.93. The van der Waals surface area contributed by atoms with Gasteiger partial charge in [-0.1, -0.05) is 17.7 Å². The predicted molar refractivity (Wildman–Crippen MR) is 82.9 cm³/mol. The summed E-state index contributed by atoms with van der Waals surface area (Å²) >= 11 is 0. The molecule has 0 aliphatic rings. The molecule has 1 heterocycles. The van der Waals surface area contributed by atoms with Crippen molar-refractivity contribution in [2.24, 2.45) is 0 Å². The van der Waals surface area contributed by atoms with Gasteiger partial charge in [0.1, 0.15) is 5.69 Å². The minimum atomic E-state index is -0.209. The Morgan fingerprint density at radius 3 is 2.67 bits per heavy atom. The summed E-state index contributed by atoms with van der Waals surface area (Å²) in [5.41, 5.74) is 3.37. The maximum atomic E-state index is 11.9. The number of nitrogens with one attached hydrogen (secondary N) is 2. The molecular weight excluding hydrogens is 266 g/mol. The Morgan fingerprint density at radius 1 is 1.19 bits per heavy atom. The van der Waals surface area contributed by atoms with Crippen LogP contribution >= 0.6 is 0 Å². The maximum Gasteiger partial charge on any atom is 0.270 e. The van der Waals surface area contributed by atoms with Crippen LogP contribution in [0.3, 0.4) is 0 Å². The van der Waals surface area contributed by atoms with Crippen LogP contribution in [0.5, 0.6) is 0 Å². The van der Waals surface area contributed by atoms with Crippen LogP contribution in [0.25, 0.3) is 0 Å². The van der Waals surface area contributed by atoms with Gasteiger partial charge in [-0.05, 0) is 31.2 Å². The van der Waals surface area contributed by atoms with E-state index in [1.807, 2.05) is 37.3 Å². The summed E-state index contributed by atoms with van der Waals surface area (Å²) in [6.45, 7) is 2.98. The van der Waals surface area contributed by atoms with E-state index >= 15 is 0 Å². The zero-order chi connectivity index (χ0) is 15.1. The van der Waals surface area contributed by atoms with Gasteiger partial charge in [0.05, 0.1) is 6.61 Å². The van der Waals surface area contributed by atoms with Crippen LogP contribution in [0.15, 0.2) is 42.6 Å². The molecule has 5 heteroatoms. The number of ether oxygens (including phenoxy) is 1. The number of hydrogen-bond acceptors (Lipinski definition) is 4. The van der Waals surface area contributed by atoms with Crippen molar-refractivity contribution in [3.8, 4) is 0 Å². The molecule has 0 bridgehead atoms. The molecule has 1 amide bonds. The minimum absolute atomic E-state index is 0.209. The van der Waals surface area contributed by atoms with Crippen molar-refractivity contribution < 1.29 is 9.53 Å². The number of pyridine rings is 1. The molecule has 0 saturated heterocycles. The lowest BCUT2D eigenvalue weighted by atomic mass is 10.2. The lowest BCUT2D eigenvalue weighted by molar-refractivity contribution is 0.0932. The molecule has 0 fully saturated rings. The molecule has 0 aliphatic heterocycles. The van der Waals surface area contributed by atoms with Crippen LogP contribution in [0.1, 0.15) is 16.1 Å². The molecule has 21 heavy (non-hydrogen) atoms. The summed E-state index contributed by atoms with van der Waals surface area (Å²) in [5.74, 6) is -0.209. The lowest BCUT2D eigenvalue weighted by Gasteiger charge is -2.08. The number of carbonyl (C=O) groups excluding carboxylic acids is 1. The minimum Gasteiger partial charge on any atom is -0.383 e. The highest BCUT2D eigenvalue weighted by Crippen LogP contribution is 2.17. The van der Waals surface area contributed by atoms with Gasteiger partial charge in [0, 0.05) is 31.2 Å². The topological polar surface area (TPSA) is 63.2 Å². The zero-order valence-electron chi connectivity index (χ0n) is 12.2. The number of nitrogens with zero attached hydrogens (tertiary/aromatic N) is 1. The number of aromatic nitrogens is 1. The molecule has 1 aromatic carbocycles. The van der Waals surface area contributed by atoms with Gasteiger partial charge in [-0.3, -0.25) is 9.78 Å². The van der Waals surface area contributed by atoms with E-state index in [1.54, 1.807) is 19.4 Å². The Hall–Kier alpha value is -2.40. The Kier molecular flexibility index (Phi) is 5.29. The average Bonchev–Trinajstić information content (AvgIpc) is 2.50. The van der Waals surface area contributed by atoms with E-state index in [0.717, 1.165) is 11.4 Å². The first-order chi connectivity index (χ1) is 10.2. The van der Waals surface area contributed by atoms with Crippen LogP contribution in [-0.4, -0.2) is 31.2 Å². The van der Waals surface area contributed by atoms with Gasteiger partial charge in [-0.15, -0.1) is 0 Å². The monoisotopic (exact) mass is 285 g/mol. The number of methoxy groups -OCH3 is 1. The second-order valence-electron chi connectivity index (χ2n) is 4.67. The Labute approximate surface area is 124 Å². The van der Waals surface area contributed by atoms with Crippen molar-refractivity contribution in [2.45, 2.75) is 6.92 Å². The van der Waals surface area contributed by atoms with Crippen LogP contribution in [0.4, 0.5) is 11.4 Å². The molecule has 0 unspecified atom stereocenters. The zero-order valence-corrected chi connectivity index (χ0v) is 12.2. The van der Waals surface area contributed by atoms with Crippen molar-refractivity contribution in [3.63, 3.8) is 0 Å². The third-order valence-electron chi connectivity index (χ3n) is 2.92. The molecule has 1 aromatic heterocycles. The molecule has 0 aliphatic carbocycles. The molecule has 0 atom stereocenters. The Morgan fingerprint density at radius 2 is 1.95 bits per heavy atom. The molecule has 2 N–H and O–H groups in total. The van der Waals surface area contributed by atoms with E-state index < -0.39 is 0 Å². The quantitative estimate of drug-likeness (QED) is 0.801. The van der Waals surface area contributed by atoms with Crippen molar-refractivity contribution in [2.75, 3.05) is 25.6 Å². The molecule has 0 radical (unpaired) electrons. The van der Waals surface area contributed by atoms with E-state index in [2.05, 4.69) is 15.6 Å². The van der Waals surface area contributed by atoms with Gasteiger partial charge in [0.15, 0.2) is 0 Å². The number of anilines is 2. The number of rotatable bonds is 6. The van der Waals surface area contributed by atoms with Crippen molar-refractivity contribution in [1.82, 2.24) is 10.3 Å². The van der Waals surface area contributed by atoms with Crippen molar-refractivity contribution in [1.29, 1.82) is 0 Å². The number of aryl methyl sites for hydroxylation is 1. The van der Waals surface area contributed by atoms with Crippen LogP contribution < -0.4 is 10.6 Å². The molecule has 2 rings (SSSR count). The SMILES string of the molecule is COCCNC(=O)c1cc(Nc2ccc(C)cc2)ccn1. The molecule has 5 nitrogen and oxygen atoms in total. The lowest BCUT2D eigenvalue weighted by Crippen LogP contribution is -2.27. The van der Waals surface area contributed by atoms with E-state index in [1.165, 1.54) is 5.56 Å². The third-order valence-corrected chi connectivity index (χ3v) is 2.92. The van der Waals surface area contributed by atoms with Gasteiger partial charge >= 0.3 is 0 Å². The van der Waals surface area contributed by atoms with Crippen molar-refractivity contribution in [3.05, 3.63) is 53.9 Å². The number of hydrogen-bond donors (Lipinski definition) is 2. The number of benzene rings is 1. The second-order valence-corrected chi connectivity index (χ2v) is 4.67. The molecular formula is C16H19N3O2. The number of carbonyl (C=O) groups is 1. The first-order valence-electron chi connectivity index (χ1n) is 6.76. The van der Waals surface area contributed by atoms with E-state index in [-0.39, 0.29) is 5.91 Å². The second kappa shape index (κ2) is 7.40. The Balaban J connectivity index is 2.03. The highest BCUT2D eigenvalue weighted by Gasteiger charge is 2.07. The fourth-order valence-corrected chi connectivity index (χ4v) is 1.79. The van der Waals surface area contributed by atoms with Gasteiger partial charge in [0.25, 0.3) is 5.91 Å². The summed E-state index contributed by atoms with van der Waals surface area (Å²) in [7, 11) is 1.59. The predicted octanol–water partition coefficient (Wildman–Crippen LogP) is 2.51. The summed E-state index contributed by atoms with van der Waals surface area (Å²) in [4.78, 5) is 16.0.